The number of carboxylic acids is 1. The zero-order valence-corrected chi connectivity index (χ0v) is 10.3. The van der Waals surface area contributed by atoms with E-state index in [1.54, 1.807) is 0 Å². The molecule has 17 heavy (non-hydrogen) atoms. The maximum atomic E-state index is 12.1. The number of carbonyl (C=O) groups is 2. The van der Waals surface area contributed by atoms with Crippen molar-refractivity contribution in [3.05, 3.63) is 0 Å². The van der Waals surface area contributed by atoms with Crippen molar-refractivity contribution in [2.75, 3.05) is 13.1 Å². The van der Waals surface area contributed by atoms with Gasteiger partial charge in [0.15, 0.2) is 0 Å². The smallest absolute Gasteiger partial charge is 0.310 e. The molecular formula is C13H21NO3. The van der Waals surface area contributed by atoms with Gasteiger partial charge in [-0.2, -0.15) is 0 Å². The van der Waals surface area contributed by atoms with E-state index in [0.29, 0.717) is 12.8 Å². The monoisotopic (exact) mass is 239 g/mol. The Labute approximate surface area is 102 Å². The highest BCUT2D eigenvalue weighted by atomic mass is 16.4. The molecule has 1 saturated carbocycles. The number of carboxylic acid groups (broad SMARTS) is 1. The SMILES string of the molecule is O=C(CC1(C(=O)O)CCCC1)N1CCCCC1. The summed E-state index contributed by atoms with van der Waals surface area (Å²) in [5.41, 5.74) is -0.755. The fourth-order valence-corrected chi connectivity index (χ4v) is 3.06. The van der Waals surface area contributed by atoms with E-state index in [1.165, 1.54) is 6.42 Å². The second-order valence-corrected chi connectivity index (χ2v) is 5.41. The molecule has 1 saturated heterocycles. The van der Waals surface area contributed by atoms with Crippen LogP contribution in [-0.4, -0.2) is 35.0 Å². The molecule has 0 atom stereocenters. The van der Waals surface area contributed by atoms with E-state index in [-0.39, 0.29) is 12.3 Å². The van der Waals surface area contributed by atoms with E-state index in [2.05, 4.69) is 0 Å². The largest absolute Gasteiger partial charge is 0.481 e. The van der Waals surface area contributed by atoms with Gasteiger partial charge in [-0.05, 0) is 32.1 Å². The van der Waals surface area contributed by atoms with Crippen molar-refractivity contribution in [1.29, 1.82) is 0 Å². The molecule has 0 aromatic heterocycles. The summed E-state index contributed by atoms with van der Waals surface area (Å²) in [6.07, 6.45) is 6.75. The van der Waals surface area contributed by atoms with Crippen LogP contribution in [0.3, 0.4) is 0 Å². The van der Waals surface area contributed by atoms with E-state index in [4.69, 9.17) is 0 Å². The molecule has 1 N–H and O–H groups in total. The molecule has 0 aromatic rings. The molecule has 1 heterocycles. The van der Waals surface area contributed by atoms with Crippen molar-refractivity contribution in [2.45, 2.75) is 51.4 Å². The average Bonchev–Trinajstić information content (AvgIpc) is 2.80. The predicted octanol–water partition coefficient (Wildman–Crippen LogP) is 2.03. The lowest BCUT2D eigenvalue weighted by Gasteiger charge is -2.31. The number of likely N-dealkylation sites (tertiary alicyclic amines) is 1. The minimum absolute atomic E-state index is 0.0500. The van der Waals surface area contributed by atoms with Crippen LogP contribution >= 0.6 is 0 Å². The Morgan fingerprint density at radius 1 is 1.00 bits per heavy atom. The molecule has 0 unspecified atom stereocenters. The molecule has 0 aromatic carbocycles. The third-order valence-corrected chi connectivity index (χ3v) is 4.21. The number of amides is 1. The number of aliphatic carboxylic acids is 1. The molecule has 0 radical (unpaired) electrons. The Morgan fingerprint density at radius 3 is 2.12 bits per heavy atom. The van der Waals surface area contributed by atoms with Gasteiger partial charge in [0.2, 0.25) is 5.91 Å². The van der Waals surface area contributed by atoms with Crippen LogP contribution in [0.25, 0.3) is 0 Å². The van der Waals surface area contributed by atoms with Crippen molar-refractivity contribution in [3.63, 3.8) is 0 Å². The maximum absolute atomic E-state index is 12.1. The van der Waals surface area contributed by atoms with E-state index >= 15 is 0 Å². The van der Waals surface area contributed by atoms with Crippen molar-refractivity contribution in [2.24, 2.45) is 5.41 Å². The normalized spacial score (nSPS) is 23.6. The summed E-state index contributed by atoms with van der Waals surface area (Å²) in [5, 5.41) is 9.34. The Kier molecular flexibility index (Phi) is 3.69. The molecule has 0 spiro atoms. The summed E-state index contributed by atoms with van der Waals surface area (Å²) < 4.78 is 0. The van der Waals surface area contributed by atoms with Gasteiger partial charge in [-0.1, -0.05) is 12.8 Å². The minimum atomic E-state index is -0.777. The van der Waals surface area contributed by atoms with Crippen LogP contribution in [0.2, 0.25) is 0 Å². The molecule has 1 aliphatic carbocycles. The summed E-state index contributed by atoms with van der Waals surface area (Å²) in [5.74, 6) is -0.727. The van der Waals surface area contributed by atoms with Crippen LogP contribution < -0.4 is 0 Å². The lowest BCUT2D eigenvalue weighted by Crippen LogP contribution is -2.40. The second kappa shape index (κ2) is 5.07. The Hall–Kier alpha value is -1.06. The third-order valence-electron chi connectivity index (χ3n) is 4.21. The van der Waals surface area contributed by atoms with Crippen LogP contribution in [0.1, 0.15) is 51.4 Å². The lowest BCUT2D eigenvalue weighted by atomic mass is 9.82. The molecule has 4 nitrogen and oxygen atoms in total. The van der Waals surface area contributed by atoms with E-state index in [0.717, 1.165) is 38.8 Å². The van der Waals surface area contributed by atoms with Crippen molar-refractivity contribution in [3.8, 4) is 0 Å². The predicted molar refractivity (Wildman–Crippen MR) is 63.6 cm³/mol. The fraction of sp³-hybridized carbons (Fsp3) is 0.846. The molecule has 96 valence electrons. The first kappa shape index (κ1) is 12.4. The van der Waals surface area contributed by atoms with E-state index in [9.17, 15) is 14.7 Å². The summed E-state index contributed by atoms with van der Waals surface area (Å²) >= 11 is 0. The van der Waals surface area contributed by atoms with Crippen molar-refractivity contribution in [1.82, 2.24) is 4.90 Å². The Balaban J connectivity index is 1.98. The number of piperidine rings is 1. The van der Waals surface area contributed by atoms with E-state index in [1.807, 2.05) is 4.90 Å². The van der Waals surface area contributed by atoms with Gasteiger partial charge < -0.3 is 10.0 Å². The van der Waals surface area contributed by atoms with E-state index < -0.39 is 11.4 Å². The van der Waals surface area contributed by atoms with Gasteiger partial charge in [0.1, 0.15) is 0 Å². The topological polar surface area (TPSA) is 57.6 Å². The highest BCUT2D eigenvalue weighted by molar-refractivity contribution is 5.85. The molecular weight excluding hydrogens is 218 g/mol. The zero-order valence-electron chi connectivity index (χ0n) is 10.3. The fourth-order valence-electron chi connectivity index (χ4n) is 3.06. The number of carbonyl (C=O) groups excluding carboxylic acids is 1. The molecule has 1 aliphatic heterocycles. The van der Waals surface area contributed by atoms with Crippen molar-refractivity contribution >= 4 is 11.9 Å². The summed E-state index contributed by atoms with van der Waals surface area (Å²) in [6.45, 7) is 1.63. The lowest BCUT2D eigenvalue weighted by molar-refractivity contribution is -0.153. The van der Waals surface area contributed by atoms with Gasteiger partial charge in [-0.3, -0.25) is 9.59 Å². The Bertz CT molecular complexity index is 302. The first-order valence-electron chi connectivity index (χ1n) is 6.65. The van der Waals surface area contributed by atoms with Crippen LogP contribution in [0.4, 0.5) is 0 Å². The first-order chi connectivity index (χ1) is 8.14. The number of nitrogens with zero attached hydrogens (tertiary/aromatic N) is 1. The number of hydrogen-bond donors (Lipinski definition) is 1. The average molecular weight is 239 g/mol. The molecule has 0 bridgehead atoms. The summed E-state index contributed by atoms with van der Waals surface area (Å²) in [7, 11) is 0. The van der Waals surface area contributed by atoms with Gasteiger partial charge in [0, 0.05) is 19.5 Å². The molecule has 2 fully saturated rings. The Morgan fingerprint density at radius 2 is 1.59 bits per heavy atom. The second-order valence-electron chi connectivity index (χ2n) is 5.41. The summed E-state index contributed by atoms with van der Waals surface area (Å²) in [4.78, 5) is 25.4. The number of hydrogen-bond acceptors (Lipinski definition) is 2. The van der Waals surface area contributed by atoms with Crippen LogP contribution in [0.5, 0.6) is 0 Å². The van der Waals surface area contributed by atoms with Gasteiger partial charge in [0.05, 0.1) is 5.41 Å². The third kappa shape index (κ3) is 2.61. The van der Waals surface area contributed by atoms with Gasteiger partial charge in [-0.25, -0.2) is 0 Å². The highest BCUT2D eigenvalue weighted by Gasteiger charge is 2.43. The summed E-state index contributed by atoms with van der Waals surface area (Å²) in [6, 6.07) is 0. The van der Waals surface area contributed by atoms with Crippen LogP contribution in [-0.2, 0) is 9.59 Å². The quantitative estimate of drug-likeness (QED) is 0.819. The standard InChI is InChI=1S/C13H21NO3/c15-11(14-8-4-1-5-9-14)10-13(12(16)17)6-2-3-7-13/h1-10H2,(H,16,17). The highest BCUT2D eigenvalue weighted by Crippen LogP contribution is 2.41. The van der Waals surface area contributed by atoms with Crippen molar-refractivity contribution < 1.29 is 14.7 Å². The van der Waals surface area contributed by atoms with Gasteiger partial charge >= 0.3 is 5.97 Å². The number of rotatable bonds is 3. The minimum Gasteiger partial charge on any atom is -0.481 e. The van der Waals surface area contributed by atoms with Crippen LogP contribution in [0, 0.1) is 5.41 Å². The van der Waals surface area contributed by atoms with Crippen LogP contribution in [0.15, 0.2) is 0 Å². The maximum Gasteiger partial charge on any atom is 0.310 e. The molecule has 2 aliphatic rings. The van der Waals surface area contributed by atoms with Gasteiger partial charge in [-0.15, -0.1) is 0 Å². The molecule has 1 amide bonds. The molecule has 2 rings (SSSR count). The van der Waals surface area contributed by atoms with Gasteiger partial charge in [0.25, 0.3) is 0 Å². The zero-order chi connectivity index (χ0) is 12.3. The molecule has 4 heteroatoms. The first-order valence-corrected chi connectivity index (χ1v) is 6.65.